The Morgan fingerprint density at radius 2 is 2.13 bits per heavy atom. The summed E-state index contributed by atoms with van der Waals surface area (Å²) >= 11 is 0. The van der Waals surface area contributed by atoms with Gasteiger partial charge in [-0.05, 0) is 31.4 Å². The average Bonchev–Trinajstić information content (AvgIpc) is 2.65. The molecule has 1 fully saturated rings. The van der Waals surface area contributed by atoms with Gasteiger partial charge in [-0.2, -0.15) is 0 Å². The van der Waals surface area contributed by atoms with Crippen LogP contribution >= 0.6 is 0 Å². The van der Waals surface area contributed by atoms with Crippen LogP contribution in [0.5, 0.6) is 0 Å². The van der Waals surface area contributed by atoms with Crippen LogP contribution in [0.15, 0.2) is 28.8 Å². The summed E-state index contributed by atoms with van der Waals surface area (Å²) in [6.07, 6.45) is 3.76. The molecule has 0 saturated carbocycles. The fourth-order valence-corrected chi connectivity index (χ4v) is 1.85. The molecule has 0 aromatic heterocycles. The minimum absolute atomic E-state index is 0.0827. The largest absolute Gasteiger partial charge is 0.337 e. The van der Waals surface area contributed by atoms with E-state index >= 15 is 0 Å². The second-order valence-corrected chi connectivity index (χ2v) is 4.23. The van der Waals surface area contributed by atoms with Crippen LogP contribution in [-0.4, -0.2) is 36.2 Å². The summed E-state index contributed by atoms with van der Waals surface area (Å²) in [7, 11) is 0. The lowest BCUT2D eigenvalue weighted by atomic mass is 10.1. The Morgan fingerprint density at radius 3 is 2.67 bits per heavy atom. The van der Waals surface area contributed by atoms with Gasteiger partial charge in [-0.3, -0.25) is 9.79 Å². The lowest BCUT2D eigenvalue weighted by Crippen LogP contribution is -2.39. The van der Waals surface area contributed by atoms with Crippen LogP contribution < -0.4 is 0 Å². The van der Waals surface area contributed by atoms with E-state index in [-0.39, 0.29) is 5.91 Å². The molecule has 0 N–H and O–H groups in total. The predicted molar refractivity (Wildman–Crippen MR) is 61.0 cm³/mol. The van der Waals surface area contributed by atoms with Crippen LogP contribution in [0.25, 0.3) is 0 Å². The smallest absolute Gasteiger partial charge is 0.272 e. The molecule has 1 saturated heterocycles. The van der Waals surface area contributed by atoms with Crippen molar-refractivity contribution in [1.82, 2.24) is 4.90 Å². The Bertz CT molecular complexity index is 356. The monoisotopic (exact) mass is 204 g/mol. The molecule has 0 aromatic rings. The molecule has 2 aliphatic heterocycles. The third kappa shape index (κ3) is 2.17. The van der Waals surface area contributed by atoms with Gasteiger partial charge in [-0.25, -0.2) is 0 Å². The minimum Gasteiger partial charge on any atom is -0.337 e. The second-order valence-electron chi connectivity index (χ2n) is 4.23. The third-order valence-corrected chi connectivity index (χ3v) is 2.86. The lowest BCUT2D eigenvalue weighted by molar-refractivity contribution is -0.124. The number of amides is 1. The third-order valence-electron chi connectivity index (χ3n) is 2.86. The first-order valence-electron chi connectivity index (χ1n) is 5.34. The molecule has 2 heterocycles. The minimum atomic E-state index is 0.0827. The van der Waals surface area contributed by atoms with E-state index in [9.17, 15) is 4.79 Å². The maximum Gasteiger partial charge on any atom is 0.272 e. The Labute approximate surface area is 90.2 Å². The number of rotatable bonds is 1. The molecule has 15 heavy (non-hydrogen) atoms. The molecule has 2 rings (SSSR count). The Morgan fingerprint density at radius 1 is 1.47 bits per heavy atom. The summed E-state index contributed by atoms with van der Waals surface area (Å²) in [4.78, 5) is 18.1. The number of piperidine rings is 1. The molecule has 0 aliphatic carbocycles. The molecule has 2 aliphatic rings. The summed E-state index contributed by atoms with van der Waals surface area (Å²) < 4.78 is 0. The normalized spacial score (nSPS) is 21.4. The Kier molecular flexibility index (Phi) is 2.71. The van der Waals surface area contributed by atoms with Crippen molar-refractivity contribution in [2.75, 3.05) is 19.6 Å². The number of hydrogen-bond donors (Lipinski definition) is 0. The van der Waals surface area contributed by atoms with Crippen molar-refractivity contribution in [2.45, 2.75) is 19.8 Å². The first-order valence-corrected chi connectivity index (χ1v) is 5.34. The van der Waals surface area contributed by atoms with Crippen LogP contribution in [-0.2, 0) is 4.79 Å². The highest BCUT2D eigenvalue weighted by Crippen LogP contribution is 2.15. The van der Waals surface area contributed by atoms with Gasteiger partial charge in [0.1, 0.15) is 5.71 Å². The van der Waals surface area contributed by atoms with Gasteiger partial charge < -0.3 is 4.90 Å². The van der Waals surface area contributed by atoms with Crippen molar-refractivity contribution >= 4 is 11.6 Å². The van der Waals surface area contributed by atoms with E-state index in [1.807, 2.05) is 17.9 Å². The van der Waals surface area contributed by atoms with Gasteiger partial charge in [0.05, 0.1) is 6.54 Å². The van der Waals surface area contributed by atoms with Crippen LogP contribution in [0.2, 0.25) is 0 Å². The first kappa shape index (κ1) is 10.1. The van der Waals surface area contributed by atoms with Crippen molar-refractivity contribution in [3.8, 4) is 0 Å². The van der Waals surface area contributed by atoms with E-state index in [1.165, 1.54) is 11.1 Å². The van der Waals surface area contributed by atoms with E-state index in [4.69, 9.17) is 0 Å². The van der Waals surface area contributed by atoms with Crippen molar-refractivity contribution in [3.05, 3.63) is 23.8 Å². The number of carbonyl (C=O) groups is 1. The van der Waals surface area contributed by atoms with Crippen molar-refractivity contribution in [2.24, 2.45) is 4.99 Å². The molecule has 3 heteroatoms. The highest BCUT2D eigenvalue weighted by molar-refractivity contribution is 6.44. The molecule has 0 unspecified atom stereocenters. The summed E-state index contributed by atoms with van der Waals surface area (Å²) in [5.41, 5.74) is 3.04. The standard InChI is InChI=1S/C12H16N2O/c1-9-3-5-14(6-4-9)12(15)11-7-10(2)8-13-11/h7H,1,3-6,8H2,2H3. The highest BCUT2D eigenvalue weighted by Gasteiger charge is 2.22. The zero-order valence-corrected chi connectivity index (χ0v) is 9.12. The van der Waals surface area contributed by atoms with E-state index < -0.39 is 0 Å². The van der Waals surface area contributed by atoms with Crippen LogP contribution in [0.1, 0.15) is 19.8 Å². The first-order chi connectivity index (χ1) is 7.16. The quantitative estimate of drug-likeness (QED) is 0.597. The molecule has 0 bridgehead atoms. The Balaban J connectivity index is 2.00. The van der Waals surface area contributed by atoms with Gasteiger partial charge in [0.25, 0.3) is 5.91 Å². The molecule has 3 nitrogen and oxygen atoms in total. The van der Waals surface area contributed by atoms with Crippen LogP contribution in [0.4, 0.5) is 0 Å². The summed E-state index contributed by atoms with van der Waals surface area (Å²) in [5.74, 6) is 0.0827. The number of carbonyl (C=O) groups excluding carboxylic acids is 1. The van der Waals surface area contributed by atoms with Crippen LogP contribution in [0.3, 0.4) is 0 Å². The van der Waals surface area contributed by atoms with Crippen LogP contribution in [0, 0.1) is 0 Å². The van der Waals surface area contributed by atoms with E-state index in [0.29, 0.717) is 12.3 Å². The van der Waals surface area contributed by atoms with E-state index in [1.54, 1.807) is 0 Å². The SMILES string of the molecule is C=C1CCN(C(=O)C2=NCC(C)=C2)CC1. The summed E-state index contributed by atoms with van der Waals surface area (Å²) in [6, 6.07) is 0. The molecule has 80 valence electrons. The molecular weight excluding hydrogens is 188 g/mol. The van der Waals surface area contributed by atoms with Gasteiger partial charge >= 0.3 is 0 Å². The maximum absolute atomic E-state index is 12.0. The van der Waals surface area contributed by atoms with Gasteiger partial charge in [0.2, 0.25) is 0 Å². The highest BCUT2D eigenvalue weighted by atomic mass is 16.2. The predicted octanol–water partition coefficient (Wildman–Crippen LogP) is 1.57. The van der Waals surface area contributed by atoms with Gasteiger partial charge in [-0.15, -0.1) is 0 Å². The number of nitrogens with zero attached hydrogens (tertiary/aromatic N) is 2. The summed E-state index contributed by atoms with van der Waals surface area (Å²) in [5, 5.41) is 0. The molecule has 1 amide bonds. The molecule has 0 spiro atoms. The zero-order chi connectivity index (χ0) is 10.8. The van der Waals surface area contributed by atoms with Gasteiger partial charge in [0, 0.05) is 13.1 Å². The van der Waals surface area contributed by atoms with Gasteiger partial charge in [-0.1, -0.05) is 12.2 Å². The van der Waals surface area contributed by atoms with Crippen molar-refractivity contribution in [3.63, 3.8) is 0 Å². The molecular formula is C12H16N2O. The fraction of sp³-hybridized carbons (Fsp3) is 0.500. The number of hydrogen-bond acceptors (Lipinski definition) is 2. The molecule has 0 atom stereocenters. The number of likely N-dealkylation sites (tertiary alicyclic amines) is 1. The van der Waals surface area contributed by atoms with E-state index in [0.717, 1.165) is 25.9 Å². The van der Waals surface area contributed by atoms with Crippen molar-refractivity contribution < 1.29 is 4.79 Å². The zero-order valence-electron chi connectivity index (χ0n) is 9.12. The van der Waals surface area contributed by atoms with Crippen molar-refractivity contribution in [1.29, 1.82) is 0 Å². The van der Waals surface area contributed by atoms with Gasteiger partial charge in [0.15, 0.2) is 0 Å². The maximum atomic E-state index is 12.0. The summed E-state index contributed by atoms with van der Waals surface area (Å²) in [6.45, 7) is 8.21. The number of aliphatic imine (C=N–C) groups is 1. The fourth-order valence-electron chi connectivity index (χ4n) is 1.85. The molecule has 0 radical (unpaired) electrons. The average molecular weight is 204 g/mol. The Hall–Kier alpha value is -1.38. The topological polar surface area (TPSA) is 32.7 Å². The molecule has 0 aromatic carbocycles. The lowest BCUT2D eigenvalue weighted by Gasteiger charge is -2.27. The second kappa shape index (κ2) is 4.01. The van der Waals surface area contributed by atoms with E-state index in [2.05, 4.69) is 11.6 Å².